The van der Waals surface area contributed by atoms with Gasteiger partial charge in [0, 0.05) is 0 Å². The van der Waals surface area contributed by atoms with E-state index in [0.717, 1.165) is 17.8 Å². The maximum absolute atomic E-state index is 2.41. The van der Waals surface area contributed by atoms with E-state index < -0.39 is 0 Å². The summed E-state index contributed by atoms with van der Waals surface area (Å²) in [6.07, 6.45) is 1.37. The van der Waals surface area contributed by atoms with Gasteiger partial charge in [0.1, 0.15) is 0 Å². The average molecular weight is 140 g/mol. The lowest BCUT2D eigenvalue weighted by Crippen LogP contribution is -1.96. The van der Waals surface area contributed by atoms with Gasteiger partial charge in [-0.1, -0.05) is 41.0 Å². The van der Waals surface area contributed by atoms with Crippen molar-refractivity contribution in [3.8, 4) is 0 Å². The summed E-state index contributed by atoms with van der Waals surface area (Å²) >= 11 is 0. The predicted molar refractivity (Wildman–Crippen MR) is 45.9 cm³/mol. The molecule has 1 fully saturated rings. The lowest BCUT2D eigenvalue weighted by molar-refractivity contribution is 0.451. The molecule has 0 amide bonds. The average Bonchev–Trinajstić information content (AvgIpc) is 2.33. The van der Waals surface area contributed by atoms with Crippen LogP contribution in [0.25, 0.3) is 0 Å². The first-order valence-electron chi connectivity index (χ1n) is 4.51. The van der Waals surface area contributed by atoms with E-state index in [9.17, 15) is 0 Å². The van der Waals surface area contributed by atoms with Gasteiger partial charge in [-0.3, -0.25) is 0 Å². The van der Waals surface area contributed by atoms with Crippen LogP contribution in [0.1, 0.15) is 41.0 Å². The zero-order valence-corrected chi connectivity index (χ0v) is 7.94. The van der Waals surface area contributed by atoms with Crippen molar-refractivity contribution in [2.45, 2.75) is 41.0 Å². The third-order valence-corrected chi connectivity index (χ3v) is 3.30. The highest BCUT2D eigenvalue weighted by Crippen LogP contribution is 2.62. The number of hydrogen-bond acceptors (Lipinski definition) is 0. The fraction of sp³-hybridized carbons (Fsp3) is 1.00. The van der Waals surface area contributed by atoms with Crippen molar-refractivity contribution in [3.63, 3.8) is 0 Å². The highest BCUT2D eigenvalue weighted by atomic mass is 14.6. The molecule has 0 radical (unpaired) electrons. The van der Waals surface area contributed by atoms with Gasteiger partial charge in [-0.25, -0.2) is 0 Å². The molecule has 0 spiro atoms. The van der Waals surface area contributed by atoms with Crippen molar-refractivity contribution in [2.75, 3.05) is 0 Å². The van der Waals surface area contributed by atoms with Crippen molar-refractivity contribution in [3.05, 3.63) is 0 Å². The highest BCUT2D eigenvalue weighted by molar-refractivity contribution is 5.04. The van der Waals surface area contributed by atoms with Gasteiger partial charge >= 0.3 is 0 Å². The third kappa shape index (κ3) is 0.980. The molecule has 0 aliphatic heterocycles. The van der Waals surface area contributed by atoms with E-state index in [4.69, 9.17) is 0 Å². The van der Waals surface area contributed by atoms with Gasteiger partial charge in [-0.15, -0.1) is 0 Å². The summed E-state index contributed by atoms with van der Waals surface area (Å²) < 4.78 is 0. The van der Waals surface area contributed by atoms with Crippen molar-refractivity contribution >= 4 is 0 Å². The molecule has 0 heteroatoms. The van der Waals surface area contributed by atoms with Crippen molar-refractivity contribution in [2.24, 2.45) is 23.2 Å². The van der Waals surface area contributed by atoms with Crippen LogP contribution in [0.4, 0.5) is 0 Å². The molecule has 60 valence electrons. The van der Waals surface area contributed by atoms with E-state index in [1.807, 2.05) is 0 Å². The molecule has 2 atom stereocenters. The van der Waals surface area contributed by atoms with E-state index >= 15 is 0 Å². The maximum Gasteiger partial charge on any atom is -0.0289 e. The number of hydrogen-bond donors (Lipinski definition) is 0. The molecule has 0 aromatic rings. The molecule has 1 aliphatic rings. The van der Waals surface area contributed by atoms with Crippen LogP contribution in [0.3, 0.4) is 0 Å². The second kappa shape index (κ2) is 2.25. The van der Waals surface area contributed by atoms with Gasteiger partial charge < -0.3 is 0 Å². The molecule has 0 aromatic carbocycles. The SMILES string of the molecule is CCC1C(C(C)C)C1(C)C. The van der Waals surface area contributed by atoms with Crippen LogP contribution >= 0.6 is 0 Å². The van der Waals surface area contributed by atoms with Gasteiger partial charge in [0.05, 0.1) is 0 Å². The van der Waals surface area contributed by atoms with Crippen molar-refractivity contribution < 1.29 is 0 Å². The first-order valence-corrected chi connectivity index (χ1v) is 4.51. The van der Waals surface area contributed by atoms with Crippen LogP contribution < -0.4 is 0 Å². The second-order valence-corrected chi connectivity index (χ2v) is 4.61. The normalized spacial score (nSPS) is 36.6. The van der Waals surface area contributed by atoms with Gasteiger partial charge in [-0.05, 0) is 23.2 Å². The molecule has 0 saturated heterocycles. The Morgan fingerprint density at radius 1 is 1.30 bits per heavy atom. The van der Waals surface area contributed by atoms with E-state index in [1.165, 1.54) is 6.42 Å². The van der Waals surface area contributed by atoms with Gasteiger partial charge in [0.2, 0.25) is 0 Å². The quantitative estimate of drug-likeness (QED) is 0.552. The van der Waals surface area contributed by atoms with Crippen molar-refractivity contribution in [1.29, 1.82) is 0 Å². The monoisotopic (exact) mass is 140 g/mol. The Morgan fingerprint density at radius 3 is 1.90 bits per heavy atom. The zero-order valence-electron chi connectivity index (χ0n) is 7.94. The molecule has 1 rings (SSSR count). The molecule has 1 saturated carbocycles. The smallest absolute Gasteiger partial charge is 0.0289 e. The molecular weight excluding hydrogens is 120 g/mol. The fourth-order valence-electron chi connectivity index (χ4n) is 2.89. The summed E-state index contributed by atoms with van der Waals surface area (Å²) in [6.45, 7) is 11.8. The van der Waals surface area contributed by atoms with E-state index in [1.54, 1.807) is 0 Å². The first-order chi connectivity index (χ1) is 4.51. The topological polar surface area (TPSA) is 0 Å². The summed E-state index contributed by atoms with van der Waals surface area (Å²) in [5.74, 6) is 2.89. The van der Waals surface area contributed by atoms with Crippen LogP contribution in [0.2, 0.25) is 0 Å². The molecule has 2 unspecified atom stereocenters. The minimum absolute atomic E-state index is 0.656. The van der Waals surface area contributed by atoms with Crippen LogP contribution in [0, 0.1) is 23.2 Å². The fourth-order valence-corrected chi connectivity index (χ4v) is 2.89. The van der Waals surface area contributed by atoms with E-state index in [-0.39, 0.29) is 0 Å². The summed E-state index contributed by atoms with van der Waals surface area (Å²) in [5, 5.41) is 0. The lowest BCUT2D eigenvalue weighted by atomic mass is 10.0. The first kappa shape index (κ1) is 8.10. The Bertz CT molecular complexity index is 122. The largest absolute Gasteiger partial charge is 0.0651 e. The van der Waals surface area contributed by atoms with Crippen LogP contribution in [-0.2, 0) is 0 Å². The van der Waals surface area contributed by atoms with Gasteiger partial charge in [0.25, 0.3) is 0 Å². The molecule has 0 N–H and O–H groups in total. The zero-order chi connectivity index (χ0) is 7.94. The molecule has 1 aliphatic carbocycles. The number of rotatable bonds is 2. The molecule has 10 heavy (non-hydrogen) atoms. The summed E-state index contributed by atoms with van der Waals surface area (Å²) in [5.41, 5.74) is 0.656. The van der Waals surface area contributed by atoms with E-state index in [0.29, 0.717) is 5.41 Å². The van der Waals surface area contributed by atoms with Gasteiger partial charge in [0.15, 0.2) is 0 Å². The van der Waals surface area contributed by atoms with Crippen LogP contribution in [0.15, 0.2) is 0 Å². The predicted octanol–water partition coefficient (Wildman–Crippen LogP) is 3.32. The Balaban J connectivity index is 2.53. The van der Waals surface area contributed by atoms with Gasteiger partial charge in [-0.2, -0.15) is 0 Å². The Morgan fingerprint density at radius 2 is 1.80 bits per heavy atom. The Kier molecular flexibility index (Phi) is 1.82. The second-order valence-electron chi connectivity index (χ2n) is 4.61. The standard InChI is InChI=1S/C10H20/c1-6-8-9(7(2)3)10(8,4)5/h7-9H,6H2,1-5H3. The molecule has 0 heterocycles. The summed E-state index contributed by atoms with van der Waals surface area (Å²) in [7, 11) is 0. The molecule has 0 bridgehead atoms. The minimum Gasteiger partial charge on any atom is -0.0651 e. The molecule has 0 nitrogen and oxygen atoms in total. The summed E-state index contributed by atoms with van der Waals surface area (Å²) in [6, 6.07) is 0. The lowest BCUT2D eigenvalue weighted by Gasteiger charge is -2.04. The van der Waals surface area contributed by atoms with E-state index in [2.05, 4.69) is 34.6 Å². The Labute approximate surface area is 65.0 Å². The highest BCUT2D eigenvalue weighted by Gasteiger charge is 2.56. The van der Waals surface area contributed by atoms with Crippen LogP contribution in [0.5, 0.6) is 0 Å². The minimum atomic E-state index is 0.656. The third-order valence-electron chi connectivity index (χ3n) is 3.30. The maximum atomic E-state index is 2.41. The molecule has 0 aromatic heterocycles. The summed E-state index contributed by atoms with van der Waals surface area (Å²) in [4.78, 5) is 0. The Hall–Kier alpha value is 0. The van der Waals surface area contributed by atoms with Crippen molar-refractivity contribution in [1.82, 2.24) is 0 Å². The molecular formula is C10H20. The van der Waals surface area contributed by atoms with Crippen LogP contribution in [-0.4, -0.2) is 0 Å².